The normalized spacial score (nSPS) is 15.4. The van der Waals surface area contributed by atoms with Gasteiger partial charge in [-0.1, -0.05) is 30.3 Å². The van der Waals surface area contributed by atoms with Gasteiger partial charge in [0.05, 0.1) is 0 Å². The maximum absolute atomic E-state index is 12.1. The number of carbonyl (C=O) groups excluding carboxylic acids is 2. The van der Waals surface area contributed by atoms with Crippen LogP contribution in [0.25, 0.3) is 0 Å². The van der Waals surface area contributed by atoms with E-state index in [1.54, 1.807) is 6.07 Å². The lowest BCUT2D eigenvalue weighted by molar-refractivity contribution is -0.122. The third-order valence-corrected chi connectivity index (χ3v) is 5.53. The van der Waals surface area contributed by atoms with Crippen LogP contribution in [-0.4, -0.2) is 42.4 Å². The van der Waals surface area contributed by atoms with E-state index in [4.69, 9.17) is 0 Å². The molecular formula is C21H27N3O2S. The number of amides is 2. The molecule has 0 spiro atoms. The van der Waals surface area contributed by atoms with Crippen LogP contribution < -0.4 is 10.6 Å². The summed E-state index contributed by atoms with van der Waals surface area (Å²) in [6, 6.07) is 12.6. The molecule has 2 N–H and O–H groups in total. The highest BCUT2D eigenvalue weighted by Crippen LogP contribution is 2.14. The van der Waals surface area contributed by atoms with Crippen molar-refractivity contribution in [1.29, 1.82) is 0 Å². The predicted octanol–water partition coefficient (Wildman–Crippen LogP) is 3.04. The minimum absolute atomic E-state index is 0.0672. The molecule has 2 aromatic rings. The zero-order chi connectivity index (χ0) is 18.9. The molecule has 2 heterocycles. The summed E-state index contributed by atoms with van der Waals surface area (Å²) in [5.74, 6) is 0.0173. The summed E-state index contributed by atoms with van der Waals surface area (Å²) in [4.78, 5) is 26.4. The maximum Gasteiger partial charge on any atom is 0.252 e. The van der Waals surface area contributed by atoms with E-state index in [1.807, 2.05) is 16.8 Å². The third-order valence-electron chi connectivity index (χ3n) is 4.85. The van der Waals surface area contributed by atoms with Gasteiger partial charge in [-0.25, -0.2) is 0 Å². The summed E-state index contributed by atoms with van der Waals surface area (Å²) in [5.41, 5.74) is 2.02. The average molecular weight is 386 g/mol. The van der Waals surface area contributed by atoms with Crippen molar-refractivity contribution >= 4 is 23.2 Å². The Labute approximate surface area is 164 Å². The molecule has 6 heteroatoms. The highest BCUT2D eigenvalue weighted by Gasteiger charge is 2.20. The van der Waals surface area contributed by atoms with Crippen molar-refractivity contribution in [3.63, 3.8) is 0 Å². The number of carbonyl (C=O) groups is 2. The Balaban J connectivity index is 1.27. The molecule has 0 atom stereocenters. The van der Waals surface area contributed by atoms with E-state index in [0.29, 0.717) is 24.9 Å². The molecule has 2 amide bonds. The zero-order valence-corrected chi connectivity index (χ0v) is 16.3. The van der Waals surface area contributed by atoms with Crippen molar-refractivity contribution in [3.05, 3.63) is 58.3 Å². The van der Waals surface area contributed by atoms with Gasteiger partial charge in [0.15, 0.2) is 0 Å². The van der Waals surface area contributed by atoms with E-state index >= 15 is 0 Å². The van der Waals surface area contributed by atoms with Gasteiger partial charge in [0, 0.05) is 49.6 Å². The summed E-state index contributed by atoms with van der Waals surface area (Å²) in [5, 5.41) is 9.70. The quantitative estimate of drug-likeness (QED) is 0.687. The van der Waals surface area contributed by atoms with E-state index in [2.05, 4.69) is 39.8 Å². The number of rotatable bonds is 8. The highest BCUT2D eigenvalue weighted by atomic mass is 32.1. The summed E-state index contributed by atoms with van der Waals surface area (Å²) in [6.45, 7) is 3.52. The lowest BCUT2D eigenvalue weighted by Gasteiger charge is -2.32. The first-order chi connectivity index (χ1) is 13.2. The molecule has 0 unspecified atom stereocenters. The van der Waals surface area contributed by atoms with Crippen molar-refractivity contribution in [2.24, 2.45) is 0 Å². The number of likely N-dealkylation sites (tertiary alicyclic amines) is 1. The molecule has 1 saturated heterocycles. The van der Waals surface area contributed by atoms with Crippen LogP contribution in [-0.2, 0) is 11.3 Å². The average Bonchev–Trinajstić information content (AvgIpc) is 3.22. The SMILES string of the molecule is O=C(CCCNC(=O)c1ccsc1)NC1CCN(Cc2ccccc2)CC1. The van der Waals surface area contributed by atoms with Crippen LogP contribution in [0.5, 0.6) is 0 Å². The van der Waals surface area contributed by atoms with E-state index in [0.717, 1.165) is 32.5 Å². The topological polar surface area (TPSA) is 61.4 Å². The summed E-state index contributed by atoms with van der Waals surface area (Å²) < 4.78 is 0. The van der Waals surface area contributed by atoms with Gasteiger partial charge in [0.25, 0.3) is 5.91 Å². The minimum Gasteiger partial charge on any atom is -0.353 e. The van der Waals surface area contributed by atoms with Crippen LogP contribution >= 0.6 is 11.3 Å². The minimum atomic E-state index is -0.0672. The molecule has 1 fully saturated rings. The Hall–Kier alpha value is -2.18. The molecule has 144 valence electrons. The van der Waals surface area contributed by atoms with Crippen molar-refractivity contribution in [3.8, 4) is 0 Å². The molecule has 1 aliphatic heterocycles. The third kappa shape index (κ3) is 6.48. The zero-order valence-electron chi connectivity index (χ0n) is 15.5. The Morgan fingerprint density at radius 1 is 1.11 bits per heavy atom. The highest BCUT2D eigenvalue weighted by molar-refractivity contribution is 7.08. The Kier molecular flexibility index (Phi) is 7.42. The molecule has 1 aromatic carbocycles. The van der Waals surface area contributed by atoms with Gasteiger partial charge in [-0.2, -0.15) is 11.3 Å². The molecule has 0 radical (unpaired) electrons. The second-order valence-corrected chi connectivity index (χ2v) is 7.76. The fraction of sp³-hybridized carbons (Fsp3) is 0.429. The second-order valence-electron chi connectivity index (χ2n) is 6.98. The van der Waals surface area contributed by atoms with Gasteiger partial charge in [-0.05, 0) is 36.3 Å². The number of thiophene rings is 1. The van der Waals surface area contributed by atoms with Gasteiger partial charge < -0.3 is 10.6 Å². The van der Waals surface area contributed by atoms with Gasteiger partial charge in [0.1, 0.15) is 0 Å². The van der Waals surface area contributed by atoms with Crippen molar-refractivity contribution in [2.75, 3.05) is 19.6 Å². The maximum atomic E-state index is 12.1. The molecule has 0 saturated carbocycles. The fourth-order valence-electron chi connectivity index (χ4n) is 3.32. The van der Waals surface area contributed by atoms with E-state index in [9.17, 15) is 9.59 Å². The van der Waals surface area contributed by atoms with Crippen molar-refractivity contribution in [1.82, 2.24) is 15.5 Å². The fourth-order valence-corrected chi connectivity index (χ4v) is 3.96. The van der Waals surface area contributed by atoms with Gasteiger partial charge in [-0.3, -0.25) is 14.5 Å². The number of nitrogens with zero attached hydrogens (tertiary/aromatic N) is 1. The molecule has 0 aliphatic carbocycles. The molecule has 5 nitrogen and oxygen atoms in total. The largest absolute Gasteiger partial charge is 0.353 e. The predicted molar refractivity (Wildman–Crippen MR) is 109 cm³/mol. The molecule has 27 heavy (non-hydrogen) atoms. The number of benzene rings is 1. The number of piperidine rings is 1. The van der Waals surface area contributed by atoms with E-state index in [-0.39, 0.29) is 17.9 Å². The van der Waals surface area contributed by atoms with Gasteiger partial charge in [-0.15, -0.1) is 0 Å². The molecule has 1 aromatic heterocycles. The summed E-state index contributed by atoms with van der Waals surface area (Å²) in [7, 11) is 0. The van der Waals surface area contributed by atoms with Gasteiger partial charge in [0.2, 0.25) is 5.91 Å². The van der Waals surface area contributed by atoms with Crippen molar-refractivity contribution in [2.45, 2.75) is 38.3 Å². The van der Waals surface area contributed by atoms with Crippen LogP contribution in [0.1, 0.15) is 41.6 Å². The van der Waals surface area contributed by atoms with Crippen LogP contribution in [0, 0.1) is 0 Å². The van der Waals surface area contributed by atoms with Crippen molar-refractivity contribution < 1.29 is 9.59 Å². The van der Waals surface area contributed by atoms with E-state index in [1.165, 1.54) is 16.9 Å². The monoisotopic (exact) mass is 385 g/mol. The summed E-state index contributed by atoms with van der Waals surface area (Å²) in [6.07, 6.45) is 3.10. The number of hydrogen-bond donors (Lipinski definition) is 2. The van der Waals surface area contributed by atoms with Crippen LogP contribution in [0.4, 0.5) is 0 Å². The smallest absolute Gasteiger partial charge is 0.252 e. The first-order valence-electron chi connectivity index (χ1n) is 9.57. The van der Waals surface area contributed by atoms with Gasteiger partial charge >= 0.3 is 0 Å². The van der Waals surface area contributed by atoms with Crippen LogP contribution in [0.15, 0.2) is 47.2 Å². The number of hydrogen-bond acceptors (Lipinski definition) is 4. The Morgan fingerprint density at radius 2 is 1.89 bits per heavy atom. The standard InChI is InChI=1S/C21H27N3O2S/c25-20(7-4-11-22-21(26)18-10-14-27-16-18)23-19-8-12-24(13-9-19)15-17-5-2-1-3-6-17/h1-3,5-6,10,14,16,19H,4,7-9,11-13,15H2,(H,22,26)(H,23,25). The molecular weight excluding hydrogens is 358 g/mol. The van der Waals surface area contributed by atoms with Crippen LogP contribution in [0.3, 0.4) is 0 Å². The molecule has 0 bridgehead atoms. The Bertz CT molecular complexity index is 710. The molecule has 1 aliphatic rings. The summed E-state index contributed by atoms with van der Waals surface area (Å²) >= 11 is 1.50. The van der Waals surface area contributed by atoms with E-state index < -0.39 is 0 Å². The van der Waals surface area contributed by atoms with Crippen LogP contribution in [0.2, 0.25) is 0 Å². The lowest BCUT2D eigenvalue weighted by atomic mass is 10.0. The second kappa shape index (κ2) is 10.2. The number of nitrogens with one attached hydrogen (secondary N) is 2. The first-order valence-corrected chi connectivity index (χ1v) is 10.5. The Morgan fingerprint density at radius 3 is 2.59 bits per heavy atom. The molecule has 3 rings (SSSR count). The first kappa shape index (κ1) is 19.6. The lowest BCUT2D eigenvalue weighted by Crippen LogP contribution is -2.44.